The van der Waals surface area contributed by atoms with Crippen molar-refractivity contribution < 1.29 is 0 Å². The van der Waals surface area contributed by atoms with Crippen LogP contribution in [0, 0.1) is 13.8 Å². The Bertz CT molecular complexity index is 346. The smallest absolute Gasteiger partial charge is 0.0412 e. The van der Waals surface area contributed by atoms with Gasteiger partial charge in [0.25, 0.3) is 0 Å². The van der Waals surface area contributed by atoms with E-state index in [1.807, 2.05) is 0 Å². The summed E-state index contributed by atoms with van der Waals surface area (Å²) in [5.41, 5.74) is 9.98. The molecule has 0 aromatic heterocycles. The molecule has 1 aliphatic rings. The standard InChI is InChI=1S/C13H20N2/c1-9-5-3-7-12(10(9)2)15-13-8-4-6-11(13)14/h3,5,7,11,13,15H,4,6,8,14H2,1-2H3/t11-,13-/m0/s1. The molecule has 0 saturated heterocycles. The third-order valence-corrected chi connectivity index (χ3v) is 3.51. The second-order valence-electron chi connectivity index (χ2n) is 4.59. The van der Waals surface area contributed by atoms with Gasteiger partial charge >= 0.3 is 0 Å². The van der Waals surface area contributed by atoms with Crippen LogP contribution in [0.3, 0.4) is 0 Å². The van der Waals surface area contributed by atoms with Crippen molar-refractivity contribution in [3.05, 3.63) is 29.3 Å². The Kier molecular flexibility index (Phi) is 2.96. The van der Waals surface area contributed by atoms with Crippen LogP contribution < -0.4 is 11.1 Å². The van der Waals surface area contributed by atoms with Crippen molar-refractivity contribution in [3.63, 3.8) is 0 Å². The van der Waals surface area contributed by atoms with E-state index in [2.05, 4.69) is 37.4 Å². The predicted molar refractivity (Wildman–Crippen MR) is 65.2 cm³/mol. The molecule has 2 nitrogen and oxygen atoms in total. The van der Waals surface area contributed by atoms with Crippen molar-refractivity contribution in [2.24, 2.45) is 5.73 Å². The highest BCUT2D eigenvalue weighted by atomic mass is 15.0. The Labute approximate surface area is 91.9 Å². The van der Waals surface area contributed by atoms with Crippen LogP contribution in [0.25, 0.3) is 0 Å². The highest BCUT2D eigenvalue weighted by molar-refractivity contribution is 5.54. The fourth-order valence-electron chi connectivity index (χ4n) is 2.28. The first kappa shape index (κ1) is 10.5. The molecule has 0 radical (unpaired) electrons. The van der Waals surface area contributed by atoms with Crippen LogP contribution in [0.5, 0.6) is 0 Å². The molecule has 1 aliphatic carbocycles. The Morgan fingerprint density at radius 1 is 1.27 bits per heavy atom. The minimum atomic E-state index is 0.324. The van der Waals surface area contributed by atoms with Crippen LogP contribution in [0.4, 0.5) is 5.69 Å². The summed E-state index contributed by atoms with van der Waals surface area (Å²) in [7, 11) is 0. The summed E-state index contributed by atoms with van der Waals surface area (Å²) < 4.78 is 0. The molecule has 1 aromatic carbocycles. The zero-order valence-electron chi connectivity index (χ0n) is 9.59. The summed E-state index contributed by atoms with van der Waals surface area (Å²) in [5, 5.41) is 3.57. The number of nitrogens with one attached hydrogen (secondary N) is 1. The molecule has 15 heavy (non-hydrogen) atoms. The van der Waals surface area contributed by atoms with E-state index in [4.69, 9.17) is 5.73 Å². The van der Waals surface area contributed by atoms with Gasteiger partial charge in [0.15, 0.2) is 0 Å². The highest BCUT2D eigenvalue weighted by Crippen LogP contribution is 2.24. The van der Waals surface area contributed by atoms with E-state index in [0.717, 1.165) is 6.42 Å². The van der Waals surface area contributed by atoms with Crippen molar-refractivity contribution in [1.82, 2.24) is 0 Å². The number of nitrogens with two attached hydrogens (primary N) is 1. The van der Waals surface area contributed by atoms with Crippen molar-refractivity contribution in [2.75, 3.05) is 5.32 Å². The first-order chi connectivity index (χ1) is 7.18. The molecular formula is C13H20N2. The van der Waals surface area contributed by atoms with E-state index >= 15 is 0 Å². The van der Waals surface area contributed by atoms with Crippen LogP contribution in [-0.2, 0) is 0 Å². The third kappa shape index (κ3) is 2.15. The minimum absolute atomic E-state index is 0.324. The van der Waals surface area contributed by atoms with Gasteiger partial charge in [-0.05, 0) is 50.3 Å². The number of rotatable bonds is 2. The van der Waals surface area contributed by atoms with Crippen molar-refractivity contribution in [2.45, 2.75) is 45.2 Å². The first-order valence-electron chi connectivity index (χ1n) is 5.77. The molecule has 0 spiro atoms. The van der Waals surface area contributed by atoms with Gasteiger partial charge in [-0.3, -0.25) is 0 Å². The monoisotopic (exact) mass is 204 g/mol. The number of hydrogen-bond donors (Lipinski definition) is 2. The average Bonchev–Trinajstić information content (AvgIpc) is 2.60. The molecule has 0 bridgehead atoms. The first-order valence-corrected chi connectivity index (χ1v) is 5.77. The van der Waals surface area contributed by atoms with Gasteiger partial charge in [0, 0.05) is 17.8 Å². The third-order valence-electron chi connectivity index (χ3n) is 3.51. The van der Waals surface area contributed by atoms with Crippen LogP contribution in [0.2, 0.25) is 0 Å². The zero-order chi connectivity index (χ0) is 10.8. The number of anilines is 1. The van der Waals surface area contributed by atoms with E-state index in [9.17, 15) is 0 Å². The quantitative estimate of drug-likeness (QED) is 0.777. The highest BCUT2D eigenvalue weighted by Gasteiger charge is 2.23. The summed E-state index contributed by atoms with van der Waals surface area (Å²) in [6.07, 6.45) is 3.61. The van der Waals surface area contributed by atoms with E-state index in [1.165, 1.54) is 29.7 Å². The summed E-state index contributed by atoms with van der Waals surface area (Å²) in [4.78, 5) is 0. The lowest BCUT2D eigenvalue weighted by Crippen LogP contribution is -2.35. The fourth-order valence-corrected chi connectivity index (χ4v) is 2.28. The van der Waals surface area contributed by atoms with Gasteiger partial charge in [0.2, 0.25) is 0 Å². The summed E-state index contributed by atoms with van der Waals surface area (Å²) >= 11 is 0. The average molecular weight is 204 g/mol. The number of benzene rings is 1. The van der Waals surface area contributed by atoms with Gasteiger partial charge in [-0.2, -0.15) is 0 Å². The lowest BCUT2D eigenvalue weighted by Gasteiger charge is -2.20. The molecule has 0 heterocycles. The Morgan fingerprint density at radius 3 is 2.73 bits per heavy atom. The molecule has 0 unspecified atom stereocenters. The van der Waals surface area contributed by atoms with E-state index < -0.39 is 0 Å². The van der Waals surface area contributed by atoms with Crippen LogP contribution in [0.15, 0.2) is 18.2 Å². The second kappa shape index (κ2) is 4.23. The molecular weight excluding hydrogens is 184 g/mol. The predicted octanol–water partition coefficient (Wildman–Crippen LogP) is 2.60. The molecule has 3 N–H and O–H groups in total. The second-order valence-corrected chi connectivity index (χ2v) is 4.59. The normalized spacial score (nSPS) is 25.5. The van der Waals surface area contributed by atoms with Gasteiger partial charge in [0.05, 0.1) is 0 Å². The number of hydrogen-bond acceptors (Lipinski definition) is 2. The van der Waals surface area contributed by atoms with E-state index in [1.54, 1.807) is 0 Å². The number of aryl methyl sites for hydroxylation is 1. The van der Waals surface area contributed by atoms with Crippen LogP contribution >= 0.6 is 0 Å². The molecule has 2 rings (SSSR count). The van der Waals surface area contributed by atoms with E-state index in [-0.39, 0.29) is 0 Å². The van der Waals surface area contributed by atoms with Crippen molar-refractivity contribution >= 4 is 5.69 Å². The SMILES string of the molecule is Cc1cccc(N[C@H]2CCC[C@@H]2N)c1C. The van der Waals surface area contributed by atoms with Crippen LogP contribution in [-0.4, -0.2) is 12.1 Å². The Balaban J connectivity index is 2.13. The molecule has 2 atom stereocenters. The summed E-state index contributed by atoms with van der Waals surface area (Å²) in [5.74, 6) is 0. The van der Waals surface area contributed by atoms with Gasteiger partial charge in [-0.15, -0.1) is 0 Å². The Morgan fingerprint density at radius 2 is 2.07 bits per heavy atom. The molecule has 0 amide bonds. The molecule has 1 fully saturated rings. The maximum absolute atomic E-state index is 6.05. The van der Waals surface area contributed by atoms with Crippen LogP contribution in [0.1, 0.15) is 30.4 Å². The fraction of sp³-hybridized carbons (Fsp3) is 0.538. The summed E-state index contributed by atoms with van der Waals surface area (Å²) in [6, 6.07) is 7.18. The maximum Gasteiger partial charge on any atom is 0.0412 e. The molecule has 1 aromatic rings. The molecule has 1 saturated carbocycles. The minimum Gasteiger partial charge on any atom is -0.381 e. The van der Waals surface area contributed by atoms with Crippen molar-refractivity contribution in [3.8, 4) is 0 Å². The van der Waals surface area contributed by atoms with Gasteiger partial charge < -0.3 is 11.1 Å². The Hall–Kier alpha value is -1.02. The largest absolute Gasteiger partial charge is 0.381 e. The lowest BCUT2D eigenvalue weighted by molar-refractivity contribution is 0.637. The van der Waals surface area contributed by atoms with Gasteiger partial charge in [0.1, 0.15) is 0 Å². The molecule has 82 valence electrons. The zero-order valence-corrected chi connectivity index (χ0v) is 9.59. The molecule has 0 aliphatic heterocycles. The summed E-state index contributed by atoms with van der Waals surface area (Å²) in [6.45, 7) is 4.31. The maximum atomic E-state index is 6.05. The van der Waals surface area contributed by atoms with Gasteiger partial charge in [-0.25, -0.2) is 0 Å². The topological polar surface area (TPSA) is 38.0 Å². The molecule has 2 heteroatoms. The van der Waals surface area contributed by atoms with Crippen molar-refractivity contribution in [1.29, 1.82) is 0 Å². The van der Waals surface area contributed by atoms with Gasteiger partial charge in [-0.1, -0.05) is 12.1 Å². The lowest BCUT2D eigenvalue weighted by atomic mass is 10.1. The van der Waals surface area contributed by atoms with E-state index in [0.29, 0.717) is 12.1 Å².